The second-order valence-corrected chi connectivity index (χ2v) is 8.15. The number of nitrogens with one attached hydrogen (secondary N) is 1. The van der Waals surface area contributed by atoms with Crippen LogP contribution < -0.4 is 9.46 Å². The lowest BCUT2D eigenvalue weighted by atomic mass is 10.1. The van der Waals surface area contributed by atoms with Gasteiger partial charge in [-0.1, -0.05) is 13.8 Å². The molecule has 0 aliphatic carbocycles. The van der Waals surface area contributed by atoms with E-state index in [2.05, 4.69) is 14.1 Å². The van der Waals surface area contributed by atoms with Crippen molar-refractivity contribution < 1.29 is 17.5 Å². The van der Waals surface area contributed by atoms with E-state index < -0.39 is 10.0 Å². The average Bonchev–Trinajstić information content (AvgIpc) is 3.15. The van der Waals surface area contributed by atoms with Crippen LogP contribution >= 0.6 is 11.5 Å². The molecule has 0 atom stereocenters. The summed E-state index contributed by atoms with van der Waals surface area (Å²) in [5, 5.41) is 0.201. The number of halogens is 1. The Morgan fingerprint density at radius 3 is 2.37 bits per heavy atom. The van der Waals surface area contributed by atoms with Gasteiger partial charge < -0.3 is 4.74 Å². The van der Waals surface area contributed by atoms with E-state index in [0.717, 1.165) is 22.7 Å². The molecule has 1 N–H and O–H groups in total. The maximum atomic E-state index is 13.4. The van der Waals surface area contributed by atoms with Crippen molar-refractivity contribution in [3.05, 3.63) is 59.7 Å². The number of nitrogens with zero attached hydrogens (tertiary/aromatic N) is 2. The zero-order valence-electron chi connectivity index (χ0n) is 14.8. The van der Waals surface area contributed by atoms with Gasteiger partial charge in [-0.05, 0) is 60.4 Å². The van der Waals surface area contributed by atoms with Crippen LogP contribution in [0.2, 0.25) is 0 Å². The zero-order chi connectivity index (χ0) is 19.4. The van der Waals surface area contributed by atoms with Gasteiger partial charge >= 0.3 is 0 Å². The molecule has 0 amide bonds. The molecule has 0 aliphatic rings. The van der Waals surface area contributed by atoms with E-state index in [9.17, 15) is 12.8 Å². The lowest BCUT2D eigenvalue weighted by molar-refractivity contribution is 0.468. The fourth-order valence-corrected chi connectivity index (χ4v) is 4.24. The van der Waals surface area contributed by atoms with E-state index in [0.29, 0.717) is 24.3 Å². The van der Waals surface area contributed by atoms with Crippen molar-refractivity contribution in [3.8, 4) is 11.5 Å². The first kappa shape index (κ1) is 19.2. The number of hydrogen-bond donors (Lipinski definition) is 1. The highest BCUT2D eigenvalue weighted by Gasteiger charge is 2.18. The summed E-state index contributed by atoms with van der Waals surface area (Å²) in [7, 11) is -3.77. The van der Waals surface area contributed by atoms with Crippen LogP contribution in [0.25, 0.3) is 0 Å². The molecule has 1 aromatic heterocycles. The van der Waals surface area contributed by atoms with Crippen LogP contribution in [0.3, 0.4) is 0 Å². The van der Waals surface area contributed by atoms with E-state index in [1.165, 1.54) is 24.5 Å². The first-order valence-corrected chi connectivity index (χ1v) is 10.6. The fourth-order valence-electron chi connectivity index (χ4n) is 2.53. The summed E-state index contributed by atoms with van der Waals surface area (Å²) in [5.41, 5.74) is 1.47. The fraction of sp³-hybridized carbons (Fsp3) is 0.222. The molecule has 0 unspecified atom stereocenters. The zero-order valence-corrected chi connectivity index (χ0v) is 16.4. The van der Waals surface area contributed by atoms with Crippen molar-refractivity contribution in [2.24, 2.45) is 0 Å². The number of anilines is 1. The first-order valence-electron chi connectivity index (χ1n) is 8.31. The van der Waals surface area contributed by atoms with Gasteiger partial charge in [0, 0.05) is 11.5 Å². The molecule has 0 fully saturated rings. The lowest BCUT2D eigenvalue weighted by Gasteiger charge is -2.14. The maximum absolute atomic E-state index is 13.4. The highest BCUT2D eigenvalue weighted by Crippen LogP contribution is 2.31. The van der Waals surface area contributed by atoms with Gasteiger partial charge in [0.1, 0.15) is 23.6 Å². The smallest absolute Gasteiger partial charge is 0.263 e. The maximum Gasteiger partial charge on any atom is 0.263 e. The molecule has 0 saturated carbocycles. The molecule has 6 nitrogen and oxygen atoms in total. The van der Waals surface area contributed by atoms with Crippen LogP contribution in [-0.2, 0) is 22.9 Å². The molecule has 0 spiro atoms. The Balaban J connectivity index is 1.91. The monoisotopic (exact) mass is 407 g/mol. The van der Waals surface area contributed by atoms with Gasteiger partial charge in [-0.15, -0.1) is 0 Å². The molecule has 0 aliphatic heterocycles. The molecule has 142 valence electrons. The second-order valence-electron chi connectivity index (χ2n) is 5.68. The largest absolute Gasteiger partial charge is 0.457 e. The average molecular weight is 407 g/mol. The standard InChI is InChI=1S/C18H18FN3O3S2/c1-3-12-9-14(19)5-7-16(12)25-17-8-6-15(10-13(17)4-2)27(23,24)22-18-20-11-21-26-18/h5-11H,3-4H2,1-2H3,(H,20,21,22). The highest BCUT2D eigenvalue weighted by molar-refractivity contribution is 7.93. The van der Waals surface area contributed by atoms with Crippen molar-refractivity contribution in [1.82, 2.24) is 9.36 Å². The number of rotatable bonds is 7. The predicted octanol–water partition coefficient (Wildman–Crippen LogP) is 4.40. The molecule has 2 aromatic carbocycles. The van der Waals surface area contributed by atoms with Crippen LogP contribution in [0.15, 0.2) is 47.6 Å². The van der Waals surface area contributed by atoms with Crippen LogP contribution in [0.1, 0.15) is 25.0 Å². The summed E-state index contributed by atoms with van der Waals surface area (Å²) in [5.74, 6) is 0.768. The molecule has 1 heterocycles. The Morgan fingerprint density at radius 2 is 1.74 bits per heavy atom. The van der Waals surface area contributed by atoms with Gasteiger partial charge in [-0.2, -0.15) is 4.37 Å². The summed E-state index contributed by atoms with van der Waals surface area (Å²) in [4.78, 5) is 3.94. The number of hydrogen-bond acceptors (Lipinski definition) is 6. The Morgan fingerprint density at radius 1 is 1.07 bits per heavy atom. The third-order valence-electron chi connectivity index (χ3n) is 3.93. The van der Waals surface area contributed by atoms with Gasteiger partial charge in [-0.25, -0.2) is 17.8 Å². The van der Waals surface area contributed by atoms with Crippen molar-refractivity contribution in [3.63, 3.8) is 0 Å². The molecular weight excluding hydrogens is 389 g/mol. The predicted molar refractivity (Wildman–Crippen MR) is 102 cm³/mol. The van der Waals surface area contributed by atoms with Crippen LogP contribution in [-0.4, -0.2) is 17.8 Å². The lowest BCUT2D eigenvalue weighted by Crippen LogP contribution is -2.13. The Hall–Kier alpha value is -2.52. The number of aryl methyl sites for hydroxylation is 2. The van der Waals surface area contributed by atoms with Crippen molar-refractivity contribution >= 4 is 26.7 Å². The molecule has 0 bridgehead atoms. The Labute approximate surface area is 161 Å². The van der Waals surface area contributed by atoms with Crippen LogP contribution in [0.4, 0.5) is 9.52 Å². The van der Waals surface area contributed by atoms with Crippen molar-refractivity contribution in [2.45, 2.75) is 31.6 Å². The number of ether oxygens (including phenoxy) is 1. The number of aromatic nitrogens is 2. The molecule has 0 radical (unpaired) electrons. The second kappa shape index (κ2) is 8.01. The molecule has 3 aromatic rings. The van der Waals surface area contributed by atoms with E-state index in [-0.39, 0.29) is 15.8 Å². The molecule has 27 heavy (non-hydrogen) atoms. The first-order chi connectivity index (χ1) is 12.9. The number of sulfonamides is 1. The Bertz CT molecular complexity index is 1040. The van der Waals surface area contributed by atoms with E-state index in [1.54, 1.807) is 18.2 Å². The summed E-state index contributed by atoms with van der Waals surface area (Å²) in [6.07, 6.45) is 2.47. The SMILES string of the molecule is CCc1cc(F)ccc1Oc1ccc(S(=O)(=O)Nc2ncns2)cc1CC. The van der Waals surface area contributed by atoms with Crippen molar-refractivity contribution in [2.75, 3.05) is 4.72 Å². The van der Waals surface area contributed by atoms with Gasteiger partial charge in [0.15, 0.2) is 0 Å². The third kappa shape index (κ3) is 4.42. The van der Waals surface area contributed by atoms with Crippen LogP contribution in [0, 0.1) is 5.82 Å². The summed E-state index contributed by atoms with van der Waals surface area (Å²) >= 11 is 0.958. The highest BCUT2D eigenvalue weighted by atomic mass is 32.2. The quantitative estimate of drug-likeness (QED) is 0.628. The minimum absolute atomic E-state index is 0.108. The van der Waals surface area contributed by atoms with Crippen LogP contribution in [0.5, 0.6) is 11.5 Å². The van der Waals surface area contributed by atoms with Gasteiger partial charge in [0.2, 0.25) is 5.13 Å². The Kier molecular flexibility index (Phi) is 5.71. The minimum Gasteiger partial charge on any atom is -0.457 e. The van der Waals surface area contributed by atoms with Gasteiger partial charge in [-0.3, -0.25) is 4.72 Å². The van der Waals surface area contributed by atoms with E-state index in [1.807, 2.05) is 13.8 Å². The molecule has 3 rings (SSSR count). The van der Waals surface area contributed by atoms with Gasteiger partial charge in [0.25, 0.3) is 10.0 Å². The van der Waals surface area contributed by atoms with Crippen molar-refractivity contribution in [1.29, 1.82) is 0 Å². The topological polar surface area (TPSA) is 81.2 Å². The summed E-state index contributed by atoms with van der Waals surface area (Å²) in [6, 6.07) is 8.99. The summed E-state index contributed by atoms with van der Waals surface area (Å²) < 4.78 is 50.6. The van der Waals surface area contributed by atoms with E-state index in [4.69, 9.17) is 4.74 Å². The van der Waals surface area contributed by atoms with E-state index >= 15 is 0 Å². The minimum atomic E-state index is -3.77. The number of benzene rings is 2. The molecular formula is C18H18FN3O3S2. The normalized spacial score (nSPS) is 11.4. The molecule has 9 heteroatoms. The van der Waals surface area contributed by atoms with Gasteiger partial charge in [0.05, 0.1) is 4.90 Å². The molecule has 0 saturated heterocycles. The third-order valence-corrected chi connectivity index (χ3v) is 5.98. The summed E-state index contributed by atoms with van der Waals surface area (Å²) in [6.45, 7) is 3.82.